The summed E-state index contributed by atoms with van der Waals surface area (Å²) in [4.78, 5) is 0. The Morgan fingerprint density at radius 3 is 2.35 bits per heavy atom. The van der Waals surface area contributed by atoms with E-state index in [4.69, 9.17) is 4.74 Å². The van der Waals surface area contributed by atoms with Crippen LogP contribution >= 0.6 is 0 Å². The number of hydrogen-bond acceptors (Lipinski definition) is 2. The molecule has 0 aromatic heterocycles. The van der Waals surface area contributed by atoms with Crippen LogP contribution in [0.1, 0.15) is 30.1 Å². The molecule has 2 aromatic rings. The summed E-state index contributed by atoms with van der Waals surface area (Å²) in [5, 5.41) is 3.43. The van der Waals surface area contributed by atoms with Crippen LogP contribution in [0.2, 0.25) is 0 Å². The summed E-state index contributed by atoms with van der Waals surface area (Å²) >= 11 is 0. The fraction of sp³-hybridized carbons (Fsp3) is 0.294. The molecule has 0 bridgehead atoms. The van der Waals surface area contributed by atoms with E-state index in [2.05, 4.69) is 5.32 Å². The van der Waals surface area contributed by atoms with Gasteiger partial charge in [0.25, 0.3) is 0 Å². The number of benzene rings is 2. The van der Waals surface area contributed by atoms with E-state index >= 15 is 0 Å². The molecule has 2 atom stereocenters. The van der Waals surface area contributed by atoms with E-state index in [9.17, 15) is 4.39 Å². The first-order chi connectivity index (χ1) is 9.72. The molecular weight excluding hydrogens is 253 g/mol. The van der Waals surface area contributed by atoms with Gasteiger partial charge in [0.2, 0.25) is 0 Å². The largest absolute Gasteiger partial charge is 0.383 e. The van der Waals surface area contributed by atoms with Crippen LogP contribution in [0.5, 0.6) is 0 Å². The Kier molecular flexibility index (Phi) is 5.27. The molecule has 1 unspecified atom stereocenters. The van der Waals surface area contributed by atoms with E-state index in [1.54, 1.807) is 13.2 Å². The highest BCUT2D eigenvalue weighted by Gasteiger charge is 2.17. The zero-order chi connectivity index (χ0) is 14.4. The first kappa shape index (κ1) is 14.7. The second-order valence-corrected chi connectivity index (χ2v) is 4.83. The fourth-order valence-corrected chi connectivity index (χ4v) is 2.31. The molecule has 0 heterocycles. The van der Waals surface area contributed by atoms with Crippen LogP contribution in [-0.2, 0) is 4.74 Å². The molecule has 0 spiro atoms. The monoisotopic (exact) mass is 273 g/mol. The van der Waals surface area contributed by atoms with Crippen molar-refractivity contribution in [1.29, 1.82) is 0 Å². The third-order valence-electron chi connectivity index (χ3n) is 3.36. The zero-order valence-electron chi connectivity index (χ0n) is 11.8. The van der Waals surface area contributed by atoms with Gasteiger partial charge in [-0.25, -0.2) is 4.39 Å². The van der Waals surface area contributed by atoms with Gasteiger partial charge < -0.3 is 10.1 Å². The number of methoxy groups -OCH3 is 1. The molecule has 1 N–H and O–H groups in total. The highest BCUT2D eigenvalue weighted by atomic mass is 19.1. The number of ether oxygens (including phenoxy) is 1. The number of hydrogen-bond donors (Lipinski definition) is 1. The topological polar surface area (TPSA) is 21.3 Å². The molecule has 0 aliphatic rings. The maximum absolute atomic E-state index is 13.8. The molecule has 20 heavy (non-hydrogen) atoms. The van der Waals surface area contributed by atoms with Gasteiger partial charge in [-0.3, -0.25) is 0 Å². The molecule has 3 heteroatoms. The number of rotatable bonds is 6. The summed E-state index contributed by atoms with van der Waals surface area (Å²) in [6.07, 6.45) is 0. The van der Waals surface area contributed by atoms with Crippen molar-refractivity contribution in [2.45, 2.75) is 19.0 Å². The van der Waals surface area contributed by atoms with Gasteiger partial charge in [0, 0.05) is 18.7 Å². The molecule has 0 radical (unpaired) electrons. The van der Waals surface area contributed by atoms with Crippen molar-refractivity contribution in [2.75, 3.05) is 13.7 Å². The van der Waals surface area contributed by atoms with Gasteiger partial charge in [-0.1, -0.05) is 48.5 Å². The van der Waals surface area contributed by atoms with E-state index in [0.717, 1.165) is 5.56 Å². The van der Waals surface area contributed by atoms with Gasteiger partial charge in [0.15, 0.2) is 0 Å². The Morgan fingerprint density at radius 1 is 1.05 bits per heavy atom. The van der Waals surface area contributed by atoms with Gasteiger partial charge in [-0.05, 0) is 18.6 Å². The average molecular weight is 273 g/mol. The maximum atomic E-state index is 13.8. The Balaban J connectivity index is 2.14. The van der Waals surface area contributed by atoms with Gasteiger partial charge in [0.1, 0.15) is 5.82 Å². The van der Waals surface area contributed by atoms with E-state index in [1.165, 1.54) is 6.07 Å². The predicted molar refractivity (Wildman–Crippen MR) is 79.0 cm³/mol. The van der Waals surface area contributed by atoms with Crippen molar-refractivity contribution in [3.05, 3.63) is 71.5 Å². The standard InChI is InChI=1S/C17H20FNO/c1-13(15-10-6-7-11-16(15)18)19-17(12-20-2)14-8-4-3-5-9-14/h3-11,13,17,19H,12H2,1-2H3/t13-,17?/m1/s1. The minimum atomic E-state index is -0.184. The van der Waals surface area contributed by atoms with Crippen LogP contribution in [0.15, 0.2) is 54.6 Å². The first-order valence-corrected chi connectivity index (χ1v) is 6.76. The van der Waals surface area contributed by atoms with Crippen molar-refractivity contribution in [3.63, 3.8) is 0 Å². The highest BCUT2D eigenvalue weighted by Crippen LogP contribution is 2.21. The lowest BCUT2D eigenvalue weighted by Gasteiger charge is -2.24. The van der Waals surface area contributed by atoms with E-state index in [0.29, 0.717) is 12.2 Å². The van der Waals surface area contributed by atoms with Crippen LogP contribution in [0.4, 0.5) is 4.39 Å². The molecule has 0 amide bonds. The quantitative estimate of drug-likeness (QED) is 0.862. The third-order valence-corrected chi connectivity index (χ3v) is 3.36. The first-order valence-electron chi connectivity index (χ1n) is 6.76. The van der Waals surface area contributed by atoms with Crippen LogP contribution < -0.4 is 5.32 Å². The minimum absolute atomic E-state index is 0.0378. The second kappa shape index (κ2) is 7.17. The van der Waals surface area contributed by atoms with Crippen molar-refractivity contribution in [1.82, 2.24) is 5.32 Å². The van der Waals surface area contributed by atoms with Crippen molar-refractivity contribution >= 4 is 0 Å². The molecule has 2 rings (SSSR count). The summed E-state index contributed by atoms with van der Waals surface area (Å²) in [7, 11) is 1.67. The molecule has 0 saturated heterocycles. The molecular formula is C17H20FNO. The highest BCUT2D eigenvalue weighted by molar-refractivity contribution is 5.23. The molecule has 106 valence electrons. The smallest absolute Gasteiger partial charge is 0.127 e. The Bertz CT molecular complexity index is 530. The molecule has 0 saturated carbocycles. The van der Waals surface area contributed by atoms with Crippen LogP contribution in [0.25, 0.3) is 0 Å². The summed E-state index contributed by atoms with van der Waals surface area (Å²) in [6.45, 7) is 2.51. The summed E-state index contributed by atoms with van der Waals surface area (Å²) < 4.78 is 19.1. The van der Waals surface area contributed by atoms with Crippen LogP contribution in [0.3, 0.4) is 0 Å². The third kappa shape index (κ3) is 3.65. The SMILES string of the molecule is COCC(N[C@H](C)c1ccccc1F)c1ccccc1. The molecule has 2 nitrogen and oxygen atoms in total. The van der Waals surface area contributed by atoms with E-state index in [-0.39, 0.29) is 17.9 Å². The molecule has 0 aliphatic heterocycles. The summed E-state index contributed by atoms with van der Waals surface area (Å²) in [6, 6.07) is 16.9. The summed E-state index contributed by atoms with van der Waals surface area (Å²) in [5.41, 5.74) is 1.81. The summed E-state index contributed by atoms with van der Waals surface area (Å²) in [5.74, 6) is -0.184. The van der Waals surface area contributed by atoms with Crippen LogP contribution in [-0.4, -0.2) is 13.7 Å². The van der Waals surface area contributed by atoms with Crippen LogP contribution in [0, 0.1) is 5.82 Å². The van der Waals surface area contributed by atoms with E-state index in [1.807, 2.05) is 49.4 Å². The van der Waals surface area contributed by atoms with Crippen molar-refractivity contribution in [2.24, 2.45) is 0 Å². The second-order valence-electron chi connectivity index (χ2n) is 4.83. The van der Waals surface area contributed by atoms with Gasteiger partial charge in [0.05, 0.1) is 12.6 Å². The fourth-order valence-electron chi connectivity index (χ4n) is 2.31. The van der Waals surface area contributed by atoms with Gasteiger partial charge >= 0.3 is 0 Å². The number of nitrogens with one attached hydrogen (secondary N) is 1. The normalized spacial score (nSPS) is 13.9. The molecule has 0 aliphatic carbocycles. The zero-order valence-corrected chi connectivity index (χ0v) is 11.8. The van der Waals surface area contributed by atoms with Crippen molar-refractivity contribution < 1.29 is 9.13 Å². The maximum Gasteiger partial charge on any atom is 0.127 e. The number of halogens is 1. The average Bonchev–Trinajstić information content (AvgIpc) is 2.48. The lowest BCUT2D eigenvalue weighted by molar-refractivity contribution is 0.161. The van der Waals surface area contributed by atoms with Gasteiger partial charge in [-0.15, -0.1) is 0 Å². The Hall–Kier alpha value is -1.71. The van der Waals surface area contributed by atoms with Crippen molar-refractivity contribution in [3.8, 4) is 0 Å². The minimum Gasteiger partial charge on any atom is -0.383 e. The molecule has 0 fully saturated rings. The Labute approximate surface area is 119 Å². The lowest BCUT2D eigenvalue weighted by Crippen LogP contribution is -2.28. The van der Waals surface area contributed by atoms with E-state index < -0.39 is 0 Å². The predicted octanol–water partition coefficient (Wildman–Crippen LogP) is 3.86. The molecule has 2 aromatic carbocycles. The Morgan fingerprint density at radius 2 is 1.70 bits per heavy atom. The van der Waals surface area contributed by atoms with Gasteiger partial charge in [-0.2, -0.15) is 0 Å². The lowest BCUT2D eigenvalue weighted by atomic mass is 10.0.